The fourth-order valence-corrected chi connectivity index (χ4v) is 3.91. The van der Waals surface area contributed by atoms with Crippen molar-refractivity contribution >= 4 is 24.3 Å². The summed E-state index contributed by atoms with van der Waals surface area (Å²) in [5.74, 6) is -1.17. The van der Waals surface area contributed by atoms with Gasteiger partial charge in [0.25, 0.3) is 5.91 Å². The summed E-state index contributed by atoms with van der Waals surface area (Å²) < 4.78 is 4.94. The lowest BCUT2D eigenvalue weighted by Crippen LogP contribution is -2.53. The standard InChI is InChI=1S/C20H35N3O6/c1-5-17(18(25)21-20(27)29-14(3)4)23(6-2)19(26)16(12-22(28)13-24)11-15-9-7-8-10-15/h13-17,28H,5-12H2,1-4H3,(H,21,25,27)/t16-,17+/m1/s1. The molecule has 2 N–H and O–H groups in total. The second-order valence-corrected chi connectivity index (χ2v) is 7.80. The Hall–Kier alpha value is -2.16. The molecule has 0 aromatic rings. The van der Waals surface area contributed by atoms with Gasteiger partial charge in [-0.15, -0.1) is 0 Å². The lowest BCUT2D eigenvalue weighted by Gasteiger charge is -2.33. The molecular formula is C20H35N3O6. The molecule has 9 nitrogen and oxygen atoms in total. The van der Waals surface area contributed by atoms with Crippen LogP contribution >= 0.6 is 0 Å². The molecule has 2 atom stereocenters. The summed E-state index contributed by atoms with van der Waals surface area (Å²) in [4.78, 5) is 49.9. The van der Waals surface area contributed by atoms with Crippen LogP contribution in [0.4, 0.5) is 4.79 Å². The second-order valence-electron chi connectivity index (χ2n) is 7.80. The van der Waals surface area contributed by atoms with E-state index < -0.39 is 24.0 Å². The number of rotatable bonds is 11. The Labute approximate surface area is 172 Å². The fraction of sp³-hybridized carbons (Fsp3) is 0.800. The molecule has 1 rings (SSSR count). The zero-order valence-corrected chi connectivity index (χ0v) is 17.9. The summed E-state index contributed by atoms with van der Waals surface area (Å²) in [6, 6.07) is -0.846. The van der Waals surface area contributed by atoms with Crippen molar-refractivity contribution in [1.82, 2.24) is 15.3 Å². The number of alkyl carbamates (subject to hydrolysis) is 1. The predicted octanol–water partition coefficient (Wildman–Crippen LogP) is 2.32. The quantitative estimate of drug-likeness (QED) is 0.305. The molecule has 0 aromatic heterocycles. The van der Waals surface area contributed by atoms with Gasteiger partial charge in [-0.3, -0.25) is 24.9 Å². The second kappa shape index (κ2) is 12.4. The maximum atomic E-state index is 13.3. The summed E-state index contributed by atoms with van der Waals surface area (Å²) in [6.45, 7) is 6.99. The third-order valence-electron chi connectivity index (χ3n) is 5.23. The van der Waals surface area contributed by atoms with E-state index in [-0.39, 0.29) is 31.5 Å². The van der Waals surface area contributed by atoms with Crippen molar-refractivity contribution in [2.75, 3.05) is 13.1 Å². The van der Waals surface area contributed by atoms with E-state index in [9.17, 15) is 24.4 Å². The minimum atomic E-state index is -0.850. The number of imide groups is 1. The van der Waals surface area contributed by atoms with E-state index in [1.165, 1.54) is 4.90 Å². The van der Waals surface area contributed by atoms with Gasteiger partial charge in [0.15, 0.2) is 0 Å². The third-order valence-corrected chi connectivity index (χ3v) is 5.23. The van der Waals surface area contributed by atoms with Crippen molar-refractivity contribution in [2.45, 2.75) is 78.4 Å². The van der Waals surface area contributed by atoms with Crippen molar-refractivity contribution in [1.29, 1.82) is 0 Å². The molecule has 1 fully saturated rings. The molecule has 166 valence electrons. The van der Waals surface area contributed by atoms with E-state index in [1.807, 2.05) is 0 Å². The zero-order valence-electron chi connectivity index (χ0n) is 17.9. The smallest absolute Gasteiger partial charge is 0.414 e. The van der Waals surface area contributed by atoms with E-state index in [2.05, 4.69) is 5.32 Å². The van der Waals surface area contributed by atoms with E-state index in [4.69, 9.17) is 4.74 Å². The van der Waals surface area contributed by atoms with Gasteiger partial charge in [0.05, 0.1) is 18.6 Å². The molecule has 0 radical (unpaired) electrons. The van der Waals surface area contributed by atoms with Crippen LogP contribution < -0.4 is 5.32 Å². The van der Waals surface area contributed by atoms with Gasteiger partial charge in [-0.05, 0) is 39.5 Å². The predicted molar refractivity (Wildman–Crippen MR) is 106 cm³/mol. The van der Waals surface area contributed by atoms with Crippen LogP contribution in [0.15, 0.2) is 0 Å². The largest absolute Gasteiger partial charge is 0.447 e. The Morgan fingerprint density at radius 2 is 1.83 bits per heavy atom. The molecule has 0 aromatic carbocycles. The highest BCUT2D eigenvalue weighted by molar-refractivity contribution is 5.97. The summed E-state index contributed by atoms with van der Waals surface area (Å²) in [7, 11) is 0. The van der Waals surface area contributed by atoms with Gasteiger partial charge < -0.3 is 9.64 Å². The number of hydroxylamine groups is 2. The molecule has 0 unspecified atom stereocenters. The van der Waals surface area contributed by atoms with E-state index in [0.29, 0.717) is 23.8 Å². The monoisotopic (exact) mass is 413 g/mol. The number of ether oxygens (including phenoxy) is 1. The molecule has 0 spiro atoms. The van der Waals surface area contributed by atoms with Crippen molar-refractivity contribution < 1.29 is 29.1 Å². The Morgan fingerprint density at radius 1 is 1.21 bits per heavy atom. The number of hydrogen-bond acceptors (Lipinski definition) is 6. The van der Waals surface area contributed by atoms with Crippen molar-refractivity contribution in [3.8, 4) is 0 Å². The van der Waals surface area contributed by atoms with Crippen molar-refractivity contribution in [3.05, 3.63) is 0 Å². The van der Waals surface area contributed by atoms with Crippen LogP contribution in [0.25, 0.3) is 0 Å². The summed E-state index contributed by atoms with van der Waals surface area (Å²) in [6.07, 6.45) is 4.16. The molecule has 0 aliphatic heterocycles. The topological polar surface area (TPSA) is 116 Å². The van der Waals surface area contributed by atoms with Crippen LogP contribution in [0.2, 0.25) is 0 Å². The minimum Gasteiger partial charge on any atom is -0.447 e. The SMILES string of the molecule is CC[C@@H](C(=O)NC(=O)OC(C)C)N(CC)C(=O)[C@H](CC1CCCC1)CN(O)C=O. The van der Waals surface area contributed by atoms with Crippen LogP contribution in [0.5, 0.6) is 0 Å². The van der Waals surface area contributed by atoms with Gasteiger partial charge in [-0.1, -0.05) is 32.6 Å². The minimum absolute atomic E-state index is 0.122. The first-order chi connectivity index (χ1) is 13.7. The van der Waals surface area contributed by atoms with E-state index in [1.54, 1.807) is 27.7 Å². The summed E-state index contributed by atoms with van der Waals surface area (Å²) >= 11 is 0. The molecule has 1 saturated carbocycles. The average Bonchev–Trinajstić information content (AvgIpc) is 3.16. The molecule has 9 heteroatoms. The Bertz CT molecular complexity index is 562. The Kier molecular flexibility index (Phi) is 10.6. The molecule has 29 heavy (non-hydrogen) atoms. The molecule has 4 amide bonds. The van der Waals surface area contributed by atoms with Gasteiger partial charge in [0, 0.05) is 6.54 Å². The third kappa shape index (κ3) is 8.00. The fourth-order valence-electron chi connectivity index (χ4n) is 3.91. The highest BCUT2D eigenvalue weighted by atomic mass is 16.6. The Morgan fingerprint density at radius 3 is 2.31 bits per heavy atom. The molecule has 0 heterocycles. The highest BCUT2D eigenvalue weighted by Gasteiger charge is 2.35. The molecule has 0 bridgehead atoms. The highest BCUT2D eigenvalue weighted by Crippen LogP contribution is 2.31. The number of likely N-dealkylation sites (N-methyl/N-ethyl adjacent to an activating group) is 1. The van der Waals surface area contributed by atoms with Crippen LogP contribution in [0.3, 0.4) is 0 Å². The van der Waals surface area contributed by atoms with E-state index >= 15 is 0 Å². The maximum Gasteiger partial charge on any atom is 0.414 e. The first kappa shape index (κ1) is 24.9. The van der Waals surface area contributed by atoms with Gasteiger partial charge in [-0.2, -0.15) is 0 Å². The number of carbonyl (C=O) groups is 4. The lowest BCUT2D eigenvalue weighted by molar-refractivity contribution is -0.159. The molecular weight excluding hydrogens is 378 g/mol. The molecule has 1 aliphatic rings. The van der Waals surface area contributed by atoms with Crippen LogP contribution in [0.1, 0.15) is 66.2 Å². The maximum absolute atomic E-state index is 13.3. The number of hydrogen-bond donors (Lipinski definition) is 2. The van der Waals surface area contributed by atoms with E-state index in [0.717, 1.165) is 25.7 Å². The number of nitrogens with one attached hydrogen (secondary N) is 1. The van der Waals surface area contributed by atoms with Gasteiger partial charge in [0.2, 0.25) is 12.3 Å². The first-order valence-electron chi connectivity index (χ1n) is 10.5. The van der Waals surface area contributed by atoms with Crippen molar-refractivity contribution in [3.63, 3.8) is 0 Å². The van der Waals surface area contributed by atoms with Gasteiger partial charge >= 0.3 is 6.09 Å². The van der Waals surface area contributed by atoms with Crippen LogP contribution in [0, 0.1) is 11.8 Å². The lowest BCUT2D eigenvalue weighted by atomic mass is 9.91. The first-order valence-corrected chi connectivity index (χ1v) is 10.5. The Balaban J connectivity index is 2.93. The normalized spacial score (nSPS) is 16.2. The van der Waals surface area contributed by atoms with Gasteiger partial charge in [0.1, 0.15) is 6.04 Å². The summed E-state index contributed by atoms with van der Waals surface area (Å²) in [5.41, 5.74) is 0. The van der Waals surface area contributed by atoms with Crippen molar-refractivity contribution in [2.24, 2.45) is 11.8 Å². The molecule has 0 saturated heterocycles. The number of nitrogens with zero attached hydrogens (tertiary/aromatic N) is 2. The zero-order chi connectivity index (χ0) is 22.0. The van der Waals surface area contributed by atoms with Gasteiger partial charge in [-0.25, -0.2) is 9.86 Å². The van der Waals surface area contributed by atoms with Crippen LogP contribution in [-0.4, -0.2) is 64.7 Å². The average molecular weight is 414 g/mol. The van der Waals surface area contributed by atoms with Crippen LogP contribution in [-0.2, 0) is 19.1 Å². The number of amides is 4. The molecule has 1 aliphatic carbocycles. The summed E-state index contributed by atoms with van der Waals surface area (Å²) in [5, 5.41) is 12.3. The number of carbonyl (C=O) groups excluding carboxylic acids is 4.